The van der Waals surface area contributed by atoms with Crippen molar-refractivity contribution in [1.29, 1.82) is 0 Å². The lowest BCUT2D eigenvalue weighted by Gasteiger charge is -2.26. The van der Waals surface area contributed by atoms with Crippen molar-refractivity contribution in [2.24, 2.45) is 11.8 Å². The molecule has 1 aliphatic heterocycles. The zero-order chi connectivity index (χ0) is 10.8. The SMILES string of the molecule is CC1CNCC(C(=O)c2occc2Br)C1. The van der Waals surface area contributed by atoms with E-state index in [1.165, 1.54) is 6.26 Å². The molecular formula is C11H14BrNO2. The van der Waals surface area contributed by atoms with Gasteiger partial charge in [-0.25, -0.2) is 0 Å². The number of Topliss-reactive ketones (excluding diaryl/α,β-unsaturated/α-hetero) is 1. The second kappa shape index (κ2) is 4.49. The van der Waals surface area contributed by atoms with Crippen LogP contribution in [0.5, 0.6) is 0 Å². The first-order chi connectivity index (χ1) is 7.18. The monoisotopic (exact) mass is 271 g/mol. The van der Waals surface area contributed by atoms with E-state index >= 15 is 0 Å². The van der Waals surface area contributed by atoms with Crippen LogP contribution in [0.2, 0.25) is 0 Å². The minimum absolute atomic E-state index is 0.0520. The average molecular weight is 272 g/mol. The van der Waals surface area contributed by atoms with Crippen molar-refractivity contribution in [3.63, 3.8) is 0 Å². The van der Waals surface area contributed by atoms with Gasteiger partial charge >= 0.3 is 0 Å². The average Bonchev–Trinajstić information content (AvgIpc) is 2.63. The Balaban J connectivity index is 2.11. The molecule has 0 radical (unpaired) electrons. The summed E-state index contributed by atoms with van der Waals surface area (Å²) < 4.78 is 5.95. The van der Waals surface area contributed by atoms with Crippen molar-refractivity contribution in [1.82, 2.24) is 5.32 Å². The normalized spacial score (nSPS) is 26.5. The molecule has 2 unspecified atom stereocenters. The third-order valence-electron chi connectivity index (χ3n) is 2.78. The number of rotatable bonds is 2. The number of carbonyl (C=O) groups is 1. The van der Waals surface area contributed by atoms with Crippen LogP contribution in [0.25, 0.3) is 0 Å². The van der Waals surface area contributed by atoms with Crippen LogP contribution in [0, 0.1) is 11.8 Å². The third kappa shape index (κ3) is 2.32. The molecule has 1 saturated heterocycles. The van der Waals surface area contributed by atoms with Gasteiger partial charge < -0.3 is 9.73 Å². The smallest absolute Gasteiger partial charge is 0.203 e. The molecule has 82 valence electrons. The topological polar surface area (TPSA) is 42.2 Å². The molecule has 1 aliphatic rings. The van der Waals surface area contributed by atoms with Crippen LogP contribution in [0.1, 0.15) is 23.9 Å². The summed E-state index contributed by atoms with van der Waals surface area (Å²) in [6.45, 7) is 3.92. The van der Waals surface area contributed by atoms with Crippen molar-refractivity contribution in [2.75, 3.05) is 13.1 Å². The number of hydrogen-bond acceptors (Lipinski definition) is 3. The molecule has 15 heavy (non-hydrogen) atoms. The van der Waals surface area contributed by atoms with E-state index in [2.05, 4.69) is 28.2 Å². The van der Waals surface area contributed by atoms with Gasteiger partial charge in [-0.2, -0.15) is 0 Å². The van der Waals surface area contributed by atoms with Crippen LogP contribution in [0.15, 0.2) is 21.2 Å². The minimum Gasteiger partial charge on any atom is -0.460 e. The molecule has 2 heterocycles. The maximum absolute atomic E-state index is 12.1. The van der Waals surface area contributed by atoms with E-state index in [9.17, 15) is 4.79 Å². The Labute approximate surface area is 97.4 Å². The Kier molecular flexibility index (Phi) is 3.26. The zero-order valence-electron chi connectivity index (χ0n) is 8.63. The molecule has 0 aliphatic carbocycles. The standard InChI is InChI=1S/C11H14BrNO2/c1-7-4-8(6-13-5-7)10(14)11-9(12)2-3-15-11/h2-3,7-8,13H,4-6H2,1H3. The number of piperidine rings is 1. The molecule has 0 saturated carbocycles. The van der Waals surface area contributed by atoms with E-state index in [0.29, 0.717) is 11.7 Å². The molecule has 0 aromatic carbocycles. The summed E-state index contributed by atoms with van der Waals surface area (Å²) in [7, 11) is 0. The van der Waals surface area contributed by atoms with Gasteiger partial charge in [0.25, 0.3) is 0 Å². The summed E-state index contributed by atoms with van der Waals surface area (Å²) in [4.78, 5) is 12.1. The fourth-order valence-corrected chi connectivity index (χ4v) is 2.41. The maximum atomic E-state index is 12.1. The number of hydrogen-bond donors (Lipinski definition) is 1. The van der Waals surface area contributed by atoms with Gasteiger partial charge in [-0.1, -0.05) is 6.92 Å². The van der Waals surface area contributed by atoms with Crippen LogP contribution >= 0.6 is 15.9 Å². The number of carbonyl (C=O) groups excluding carboxylic acids is 1. The van der Waals surface area contributed by atoms with Gasteiger partial charge in [0.2, 0.25) is 5.78 Å². The predicted molar refractivity (Wildman–Crippen MR) is 60.9 cm³/mol. The molecule has 1 aromatic heterocycles. The summed E-state index contributed by atoms with van der Waals surface area (Å²) >= 11 is 3.31. The first-order valence-electron chi connectivity index (χ1n) is 5.16. The molecule has 3 nitrogen and oxygen atoms in total. The molecule has 2 rings (SSSR count). The predicted octanol–water partition coefficient (Wildman–Crippen LogP) is 2.47. The first-order valence-corrected chi connectivity index (χ1v) is 5.95. The highest BCUT2D eigenvalue weighted by molar-refractivity contribution is 9.10. The van der Waals surface area contributed by atoms with E-state index in [4.69, 9.17) is 4.42 Å². The van der Waals surface area contributed by atoms with Crippen LogP contribution in [0.3, 0.4) is 0 Å². The quantitative estimate of drug-likeness (QED) is 0.841. The lowest BCUT2D eigenvalue weighted by molar-refractivity contribution is 0.0851. The van der Waals surface area contributed by atoms with Crippen LogP contribution in [-0.2, 0) is 0 Å². The molecule has 4 heteroatoms. The van der Waals surface area contributed by atoms with Gasteiger partial charge in [0.1, 0.15) is 0 Å². The number of furan rings is 1. The van der Waals surface area contributed by atoms with Crippen molar-refractivity contribution in [2.45, 2.75) is 13.3 Å². The first kappa shape index (κ1) is 10.9. The van der Waals surface area contributed by atoms with Crippen molar-refractivity contribution < 1.29 is 9.21 Å². The Morgan fingerprint density at radius 1 is 1.60 bits per heavy atom. The van der Waals surface area contributed by atoms with Gasteiger partial charge in [0, 0.05) is 12.5 Å². The molecule has 0 amide bonds. The molecule has 0 spiro atoms. The number of nitrogens with one attached hydrogen (secondary N) is 1. The van der Waals surface area contributed by atoms with Crippen LogP contribution in [-0.4, -0.2) is 18.9 Å². The maximum Gasteiger partial charge on any atom is 0.203 e. The number of halogens is 1. The highest BCUT2D eigenvalue weighted by Crippen LogP contribution is 2.25. The van der Waals surface area contributed by atoms with E-state index in [1.807, 2.05) is 0 Å². The Hall–Kier alpha value is -0.610. The number of ketones is 1. The van der Waals surface area contributed by atoms with E-state index in [1.54, 1.807) is 6.07 Å². The van der Waals surface area contributed by atoms with Gasteiger partial charge in [0.15, 0.2) is 5.76 Å². The molecule has 2 atom stereocenters. The molecular weight excluding hydrogens is 258 g/mol. The molecule has 1 aromatic rings. The molecule has 1 N–H and O–H groups in total. The van der Waals surface area contributed by atoms with E-state index < -0.39 is 0 Å². The third-order valence-corrected chi connectivity index (χ3v) is 3.41. The molecule has 1 fully saturated rings. The van der Waals surface area contributed by atoms with Crippen LogP contribution in [0.4, 0.5) is 0 Å². The van der Waals surface area contributed by atoms with Gasteiger partial charge in [0.05, 0.1) is 10.7 Å². The summed E-state index contributed by atoms with van der Waals surface area (Å²) in [6.07, 6.45) is 2.48. The summed E-state index contributed by atoms with van der Waals surface area (Å²) in [5.41, 5.74) is 0. The summed E-state index contributed by atoms with van der Waals surface area (Å²) in [5.74, 6) is 1.17. The summed E-state index contributed by atoms with van der Waals surface area (Å²) in [5, 5.41) is 3.27. The largest absolute Gasteiger partial charge is 0.460 e. The Morgan fingerprint density at radius 3 is 3.00 bits per heavy atom. The molecule has 0 bridgehead atoms. The highest BCUT2D eigenvalue weighted by Gasteiger charge is 2.28. The van der Waals surface area contributed by atoms with E-state index in [-0.39, 0.29) is 11.7 Å². The second-order valence-corrected chi connectivity index (χ2v) is 5.01. The van der Waals surface area contributed by atoms with Crippen LogP contribution < -0.4 is 5.32 Å². The lowest BCUT2D eigenvalue weighted by atomic mass is 9.88. The second-order valence-electron chi connectivity index (χ2n) is 4.16. The van der Waals surface area contributed by atoms with Crippen molar-refractivity contribution >= 4 is 21.7 Å². The van der Waals surface area contributed by atoms with E-state index in [0.717, 1.165) is 24.0 Å². The van der Waals surface area contributed by atoms with Crippen molar-refractivity contribution in [3.05, 3.63) is 22.6 Å². The fraction of sp³-hybridized carbons (Fsp3) is 0.545. The highest BCUT2D eigenvalue weighted by atomic mass is 79.9. The lowest BCUT2D eigenvalue weighted by Crippen LogP contribution is -2.38. The van der Waals surface area contributed by atoms with Gasteiger partial charge in [-0.15, -0.1) is 0 Å². The zero-order valence-corrected chi connectivity index (χ0v) is 10.2. The summed E-state index contributed by atoms with van der Waals surface area (Å²) in [6, 6.07) is 1.76. The van der Waals surface area contributed by atoms with Gasteiger partial charge in [-0.3, -0.25) is 4.79 Å². The van der Waals surface area contributed by atoms with Crippen molar-refractivity contribution in [3.8, 4) is 0 Å². The Bertz CT molecular complexity index is 361. The van der Waals surface area contributed by atoms with Gasteiger partial charge in [-0.05, 0) is 40.9 Å². The Morgan fingerprint density at radius 2 is 2.40 bits per heavy atom. The fourth-order valence-electron chi connectivity index (χ4n) is 2.01. The minimum atomic E-state index is 0.0520.